The first-order valence-corrected chi connectivity index (χ1v) is 9.10. The number of aromatic nitrogens is 1. The van der Waals surface area contributed by atoms with E-state index < -0.39 is 0 Å². The summed E-state index contributed by atoms with van der Waals surface area (Å²) in [4.78, 5) is 19.4. The van der Waals surface area contributed by atoms with Crippen LogP contribution in [0.3, 0.4) is 0 Å². The number of nitrogens with one attached hydrogen (secondary N) is 1. The van der Waals surface area contributed by atoms with E-state index in [2.05, 4.69) is 24.1 Å². The van der Waals surface area contributed by atoms with Crippen LogP contribution in [0.4, 0.5) is 4.79 Å². The number of ether oxygens (including phenoxy) is 1. The van der Waals surface area contributed by atoms with Crippen molar-refractivity contribution in [1.82, 2.24) is 15.2 Å². The number of morpholine rings is 1. The molecule has 2 aromatic rings. The van der Waals surface area contributed by atoms with E-state index in [1.807, 2.05) is 38.1 Å². The Morgan fingerprint density at radius 3 is 2.77 bits per heavy atom. The van der Waals surface area contributed by atoms with Crippen LogP contribution in [-0.4, -0.2) is 35.7 Å². The van der Waals surface area contributed by atoms with Gasteiger partial charge in [-0.05, 0) is 43.5 Å². The van der Waals surface area contributed by atoms with Crippen LogP contribution in [0.2, 0.25) is 0 Å². The fraction of sp³-hybridized carbons (Fsp3) is 0.500. The van der Waals surface area contributed by atoms with Gasteiger partial charge in [-0.2, -0.15) is 0 Å². The Balaban J connectivity index is 1.80. The molecule has 0 aliphatic carbocycles. The largest absolute Gasteiger partial charge is 0.464 e. The lowest BCUT2D eigenvalue weighted by atomic mass is 9.97. The van der Waals surface area contributed by atoms with Crippen LogP contribution >= 0.6 is 0 Å². The molecule has 2 atom stereocenters. The molecule has 0 bridgehead atoms. The smallest absolute Gasteiger partial charge is 0.318 e. The highest BCUT2D eigenvalue weighted by Gasteiger charge is 2.33. The quantitative estimate of drug-likeness (QED) is 0.904. The molecule has 0 radical (unpaired) electrons. The summed E-state index contributed by atoms with van der Waals surface area (Å²) in [5, 5.41) is 3.18. The van der Waals surface area contributed by atoms with Gasteiger partial charge in [0.1, 0.15) is 17.6 Å². The molecule has 1 aliphatic heterocycles. The number of carbonyl (C=O) groups excluding carboxylic acids is 1. The Hall–Kier alpha value is -2.34. The van der Waals surface area contributed by atoms with Gasteiger partial charge in [-0.25, -0.2) is 4.79 Å². The van der Waals surface area contributed by atoms with Gasteiger partial charge in [0.15, 0.2) is 0 Å². The maximum absolute atomic E-state index is 13.1. The van der Waals surface area contributed by atoms with E-state index in [-0.39, 0.29) is 24.0 Å². The average molecular weight is 357 g/mol. The summed E-state index contributed by atoms with van der Waals surface area (Å²) in [6, 6.07) is 7.28. The van der Waals surface area contributed by atoms with Gasteiger partial charge in [0.05, 0.1) is 24.9 Å². The highest BCUT2D eigenvalue weighted by molar-refractivity contribution is 5.75. The molecule has 2 aromatic heterocycles. The van der Waals surface area contributed by atoms with Crippen molar-refractivity contribution in [3.8, 4) is 0 Å². The van der Waals surface area contributed by atoms with E-state index >= 15 is 0 Å². The van der Waals surface area contributed by atoms with E-state index in [9.17, 15) is 4.79 Å². The Labute approximate surface area is 154 Å². The van der Waals surface area contributed by atoms with Crippen LogP contribution in [-0.2, 0) is 4.74 Å². The Morgan fingerprint density at radius 1 is 1.31 bits per heavy atom. The molecule has 1 N–H and O–H groups in total. The van der Waals surface area contributed by atoms with E-state index in [1.54, 1.807) is 11.1 Å². The van der Waals surface area contributed by atoms with E-state index in [0.29, 0.717) is 19.8 Å². The maximum Gasteiger partial charge on any atom is 0.318 e. The number of rotatable bonds is 4. The molecule has 6 nitrogen and oxygen atoms in total. The minimum absolute atomic E-state index is 0.115. The Kier molecular flexibility index (Phi) is 5.61. The van der Waals surface area contributed by atoms with Gasteiger partial charge in [0, 0.05) is 12.7 Å². The molecule has 6 heteroatoms. The number of pyridine rings is 1. The SMILES string of the molecule is Cc1ccc(C2COCCN2C(=O)NC(c2ncccc2C)C(C)C)o1. The van der Waals surface area contributed by atoms with Crippen molar-refractivity contribution < 1.29 is 13.9 Å². The first-order chi connectivity index (χ1) is 12.5. The minimum Gasteiger partial charge on any atom is -0.464 e. The van der Waals surface area contributed by atoms with Gasteiger partial charge in [-0.3, -0.25) is 4.98 Å². The zero-order valence-electron chi connectivity index (χ0n) is 15.9. The average Bonchev–Trinajstić information content (AvgIpc) is 3.06. The number of hydrogen-bond donors (Lipinski definition) is 1. The monoisotopic (exact) mass is 357 g/mol. The molecule has 3 heterocycles. The van der Waals surface area contributed by atoms with E-state index in [4.69, 9.17) is 9.15 Å². The number of furan rings is 1. The van der Waals surface area contributed by atoms with Crippen molar-refractivity contribution in [2.75, 3.05) is 19.8 Å². The second-order valence-electron chi connectivity index (χ2n) is 7.11. The van der Waals surface area contributed by atoms with Gasteiger partial charge in [0.2, 0.25) is 0 Å². The van der Waals surface area contributed by atoms with Crippen molar-refractivity contribution in [1.29, 1.82) is 0 Å². The lowest BCUT2D eigenvalue weighted by Crippen LogP contribution is -2.49. The standard InChI is InChI=1S/C20H27N3O3/c1-13(2)18(19-14(3)6-5-9-21-19)22-20(24)23-10-11-25-12-16(23)17-8-7-15(4)26-17/h5-9,13,16,18H,10-12H2,1-4H3,(H,22,24). The highest BCUT2D eigenvalue weighted by atomic mass is 16.5. The number of hydrogen-bond acceptors (Lipinski definition) is 4. The molecular weight excluding hydrogens is 330 g/mol. The third-order valence-electron chi connectivity index (χ3n) is 4.77. The normalized spacial score (nSPS) is 18.8. The van der Waals surface area contributed by atoms with Crippen molar-refractivity contribution in [2.24, 2.45) is 5.92 Å². The molecule has 1 saturated heterocycles. The number of amides is 2. The zero-order valence-corrected chi connectivity index (χ0v) is 15.9. The first-order valence-electron chi connectivity index (χ1n) is 9.10. The number of carbonyl (C=O) groups is 1. The van der Waals surface area contributed by atoms with Crippen molar-refractivity contribution in [2.45, 2.75) is 39.8 Å². The second-order valence-corrected chi connectivity index (χ2v) is 7.11. The van der Waals surface area contributed by atoms with Crippen LogP contribution in [0.5, 0.6) is 0 Å². The molecular formula is C20H27N3O3. The summed E-state index contributed by atoms with van der Waals surface area (Å²) in [7, 11) is 0. The fourth-order valence-corrected chi connectivity index (χ4v) is 3.31. The maximum atomic E-state index is 13.1. The molecule has 2 amide bonds. The number of aryl methyl sites for hydroxylation is 2. The molecule has 0 saturated carbocycles. The lowest BCUT2D eigenvalue weighted by Gasteiger charge is -2.36. The summed E-state index contributed by atoms with van der Waals surface area (Å²) in [6.07, 6.45) is 1.77. The molecule has 1 aliphatic rings. The summed E-state index contributed by atoms with van der Waals surface area (Å²) in [5.41, 5.74) is 1.99. The summed E-state index contributed by atoms with van der Waals surface area (Å²) < 4.78 is 11.3. The van der Waals surface area contributed by atoms with Crippen molar-refractivity contribution in [3.05, 3.63) is 53.2 Å². The Bertz CT molecular complexity index is 756. The number of urea groups is 1. The first kappa shape index (κ1) is 18.5. The van der Waals surface area contributed by atoms with Crippen molar-refractivity contribution in [3.63, 3.8) is 0 Å². The summed E-state index contributed by atoms with van der Waals surface area (Å²) in [5.74, 6) is 1.81. The van der Waals surface area contributed by atoms with Crippen molar-refractivity contribution >= 4 is 6.03 Å². The van der Waals surface area contributed by atoms with Gasteiger partial charge in [-0.15, -0.1) is 0 Å². The lowest BCUT2D eigenvalue weighted by molar-refractivity contribution is 0.00311. The summed E-state index contributed by atoms with van der Waals surface area (Å²) >= 11 is 0. The third kappa shape index (κ3) is 3.90. The molecule has 2 unspecified atom stereocenters. The zero-order chi connectivity index (χ0) is 18.7. The van der Waals surface area contributed by atoms with Crippen LogP contribution < -0.4 is 5.32 Å². The van der Waals surface area contributed by atoms with Gasteiger partial charge >= 0.3 is 6.03 Å². The molecule has 26 heavy (non-hydrogen) atoms. The third-order valence-corrected chi connectivity index (χ3v) is 4.77. The van der Waals surface area contributed by atoms with Gasteiger partial charge < -0.3 is 19.4 Å². The predicted molar refractivity (Wildman–Crippen MR) is 98.8 cm³/mol. The van der Waals surface area contributed by atoms with E-state index in [1.165, 1.54) is 0 Å². The van der Waals surface area contributed by atoms with Crippen LogP contribution in [0, 0.1) is 19.8 Å². The second kappa shape index (κ2) is 7.91. The predicted octanol–water partition coefficient (Wildman–Crippen LogP) is 3.77. The van der Waals surface area contributed by atoms with Crippen LogP contribution in [0.15, 0.2) is 34.9 Å². The molecule has 1 fully saturated rings. The fourth-order valence-electron chi connectivity index (χ4n) is 3.31. The van der Waals surface area contributed by atoms with Gasteiger partial charge in [0.25, 0.3) is 0 Å². The van der Waals surface area contributed by atoms with Crippen LogP contribution in [0.1, 0.15) is 48.7 Å². The molecule has 140 valence electrons. The molecule has 3 rings (SSSR count). The number of nitrogens with zero attached hydrogens (tertiary/aromatic N) is 2. The van der Waals surface area contributed by atoms with Crippen LogP contribution in [0.25, 0.3) is 0 Å². The van der Waals surface area contributed by atoms with Gasteiger partial charge in [-0.1, -0.05) is 19.9 Å². The minimum atomic E-state index is -0.213. The summed E-state index contributed by atoms with van der Waals surface area (Å²) in [6.45, 7) is 9.59. The molecule has 0 spiro atoms. The topological polar surface area (TPSA) is 67.6 Å². The van der Waals surface area contributed by atoms with E-state index in [0.717, 1.165) is 22.8 Å². The highest BCUT2D eigenvalue weighted by Crippen LogP contribution is 2.28. The Morgan fingerprint density at radius 2 is 2.12 bits per heavy atom. The molecule has 0 aromatic carbocycles.